The summed E-state index contributed by atoms with van der Waals surface area (Å²) in [6, 6.07) is 0. The van der Waals surface area contributed by atoms with Crippen LogP contribution in [0.15, 0.2) is 4.52 Å². The van der Waals surface area contributed by atoms with E-state index in [1.165, 1.54) is 6.92 Å². The third kappa shape index (κ3) is 2.67. The maximum absolute atomic E-state index is 13.8. The average Bonchev–Trinajstić information content (AvgIpc) is 2.77. The van der Waals surface area contributed by atoms with E-state index in [1.54, 1.807) is 6.92 Å². The highest BCUT2D eigenvalue weighted by molar-refractivity contribution is 5.61. The van der Waals surface area contributed by atoms with Gasteiger partial charge in [-0.2, -0.15) is 27.5 Å². The summed E-state index contributed by atoms with van der Waals surface area (Å²) >= 11 is 0. The minimum Gasteiger partial charge on any atom is -0.480 e. The minimum absolute atomic E-state index is 0.257. The highest BCUT2D eigenvalue weighted by atomic mass is 19.4. The minimum atomic E-state index is -4.95. The number of alkyl halides is 3. The van der Waals surface area contributed by atoms with E-state index in [2.05, 4.69) is 19.9 Å². The molecule has 2 heterocycles. The molecule has 0 aliphatic rings. The van der Waals surface area contributed by atoms with E-state index in [0.29, 0.717) is 12.1 Å². The molecule has 114 valence electrons. The van der Waals surface area contributed by atoms with E-state index >= 15 is 0 Å². The Morgan fingerprint density at radius 3 is 2.43 bits per heavy atom. The molecule has 0 unspecified atom stereocenters. The van der Waals surface area contributed by atoms with Crippen LogP contribution in [0.2, 0.25) is 0 Å². The van der Waals surface area contributed by atoms with Crippen LogP contribution in [-0.2, 0) is 12.6 Å². The smallest absolute Gasteiger partial charge is 0.426 e. The number of nitrogens with zero attached hydrogens (tertiary/aromatic N) is 3. The zero-order valence-electron chi connectivity index (χ0n) is 11.4. The Kier molecular flexibility index (Phi) is 3.84. The number of halogens is 4. The van der Waals surface area contributed by atoms with Gasteiger partial charge in [0.1, 0.15) is 5.76 Å². The Morgan fingerprint density at radius 2 is 1.90 bits per heavy atom. The van der Waals surface area contributed by atoms with Crippen molar-refractivity contribution in [2.24, 2.45) is 0 Å². The fourth-order valence-electron chi connectivity index (χ4n) is 1.86. The van der Waals surface area contributed by atoms with Crippen LogP contribution in [-0.4, -0.2) is 22.2 Å². The summed E-state index contributed by atoms with van der Waals surface area (Å²) in [6.45, 7) is 3.30. The monoisotopic (exact) mass is 305 g/mol. The van der Waals surface area contributed by atoms with Crippen molar-refractivity contribution < 1.29 is 26.8 Å². The zero-order valence-corrected chi connectivity index (χ0v) is 11.4. The number of hydrogen-bond acceptors (Lipinski definition) is 5. The fourth-order valence-corrected chi connectivity index (χ4v) is 1.86. The van der Waals surface area contributed by atoms with Gasteiger partial charge in [-0.15, -0.1) is 0 Å². The first kappa shape index (κ1) is 15.2. The Labute approximate surface area is 116 Å². The van der Waals surface area contributed by atoms with Crippen molar-refractivity contribution >= 4 is 0 Å². The predicted molar refractivity (Wildman–Crippen MR) is 63.2 cm³/mol. The van der Waals surface area contributed by atoms with Gasteiger partial charge in [-0.3, -0.25) is 0 Å². The topological polar surface area (TPSA) is 61.0 Å². The molecule has 0 aliphatic carbocycles. The van der Waals surface area contributed by atoms with Crippen LogP contribution >= 0.6 is 0 Å². The van der Waals surface area contributed by atoms with Crippen molar-refractivity contribution in [3.63, 3.8) is 0 Å². The van der Waals surface area contributed by atoms with Crippen LogP contribution in [0.5, 0.6) is 5.88 Å². The number of ether oxygens (including phenoxy) is 1. The summed E-state index contributed by atoms with van der Waals surface area (Å²) in [5.74, 6) is -2.55. The molecule has 0 aliphatic heterocycles. The molecule has 5 nitrogen and oxygen atoms in total. The van der Waals surface area contributed by atoms with Crippen molar-refractivity contribution in [3.05, 3.63) is 23.0 Å². The molecule has 0 saturated carbocycles. The van der Waals surface area contributed by atoms with Crippen LogP contribution in [0.25, 0.3) is 11.4 Å². The van der Waals surface area contributed by atoms with Gasteiger partial charge in [0.25, 0.3) is 0 Å². The lowest BCUT2D eigenvalue weighted by Crippen LogP contribution is -2.14. The maximum Gasteiger partial charge on any atom is 0.426 e. The van der Waals surface area contributed by atoms with E-state index in [9.17, 15) is 17.6 Å². The first-order valence-electron chi connectivity index (χ1n) is 5.93. The number of aromatic nitrogens is 3. The van der Waals surface area contributed by atoms with Crippen LogP contribution < -0.4 is 4.74 Å². The molecule has 0 aromatic carbocycles. The number of methoxy groups -OCH3 is 1. The molecule has 2 aromatic heterocycles. The first-order chi connectivity index (χ1) is 9.79. The van der Waals surface area contributed by atoms with Crippen molar-refractivity contribution in [3.8, 4) is 17.3 Å². The van der Waals surface area contributed by atoms with Crippen molar-refractivity contribution in [2.45, 2.75) is 26.4 Å². The molecule has 9 heteroatoms. The Balaban J connectivity index is 2.68. The lowest BCUT2D eigenvalue weighted by Gasteiger charge is -2.12. The van der Waals surface area contributed by atoms with E-state index in [1.807, 2.05) is 0 Å². The highest BCUT2D eigenvalue weighted by Crippen LogP contribution is 2.38. The zero-order chi connectivity index (χ0) is 15.8. The summed E-state index contributed by atoms with van der Waals surface area (Å²) < 4.78 is 61.5. The molecule has 21 heavy (non-hydrogen) atoms. The van der Waals surface area contributed by atoms with Gasteiger partial charge in [-0.1, -0.05) is 12.1 Å². The van der Waals surface area contributed by atoms with E-state index < -0.39 is 23.6 Å². The van der Waals surface area contributed by atoms with Gasteiger partial charge in [0.15, 0.2) is 11.4 Å². The van der Waals surface area contributed by atoms with Crippen molar-refractivity contribution in [1.82, 2.24) is 15.1 Å². The van der Waals surface area contributed by atoms with Crippen molar-refractivity contribution in [2.75, 3.05) is 7.11 Å². The molecular formula is C12H11F4N3O2. The molecule has 0 saturated heterocycles. The van der Waals surface area contributed by atoms with E-state index in [-0.39, 0.29) is 17.1 Å². The fraction of sp³-hybridized carbons (Fsp3) is 0.417. The Hall–Kier alpha value is -2.19. The van der Waals surface area contributed by atoms with Crippen LogP contribution in [0.1, 0.15) is 23.9 Å². The van der Waals surface area contributed by atoms with Gasteiger partial charge in [0.2, 0.25) is 11.8 Å². The first-order valence-corrected chi connectivity index (χ1v) is 5.93. The second-order valence-corrected chi connectivity index (χ2v) is 4.13. The summed E-state index contributed by atoms with van der Waals surface area (Å²) in [5.41, 5.74) is -0.946. The summed E-state index contributed by atoms with van der Waals surface area (Å²) in [6.07, 6.45) is -4.52. The largest absolute Gasteiger partial charge is 0.480 e. The number of hydrogen-bond donors (Lipinski definition) is 0. The molecule has 0 N–H and O–H groups in total. The van der Waals surface area contributed by atoms with Gasteiger partial charge in [-0.25, -0.2) is 0 Å². The van der Waals surface area contributed by atoms with Gasteiger partial charge >= 0.3 is 6.18 Å². The van der Waals surface area contributed by atoms with E-state index in [4.69, 9.17) is 4.52 Å². The molecule has 0 bridgehead atoms. The standard InChI is InChI=1S/C12H11F4N3O2/c1-4-6-7(5(2)21-19-6)10-17-9(13)8(12(14,15)16)11(18-10)20-3/h4H2,1-3H3. The molecule has 0 atom stereocenters. The average molecular weight is 305 g/mol. The quantitative estimate of drug-likeness (QED) is 0.644. The normalized spacial score (nSPS) is 11.8. The van der Waals surface area contributed by atoms with E-state index in [0.717, 1.165) is 7.11 Å². The predicted octanol–water partition coefficient (Wildman–Crippen LogP) is 3.17. The summed E-state index contributed by atoms with van der Waals surface area (Å²) in [7, 11) is 0.974. The van der Waals surface area contributed by atoms with Crippen LogP contribution in [0.3, 0.4) is 0 Å². The van der Waals surface area contributed by atoms with Crippen LogP contribution in [0.4, 0.5) is 17.6 Å². The molecule has 0 fully saturated rings. The Bertz CT molecular complexity index is 667. The lowest BCUT2D eigenvalue weighted by atomic mass is 10.1. The van der Waals surface area contributed by atoms with Gasteiger partial charge in [0.05, 0.1) is 18.4 Å². The summed E-state index contributed by atoms with van der Waals surface area (Å²) in [4.78, 5) is 6.92. The summed E-state index contributed by atoms with van der Waals surface area (Å²) in [5, 5.41) is 3.73. The molecule has 0 amide bonds. The number of rotatable bonds is 3. The second-order valence-electron chi connectivity index (χ2n) is 4.13. The molecule has 0 radical (unpaired) electrons. The molecular weight excluding hydrogens is 294 g/mol. The molecule has 0 spiro atoms. The van der Waals surface area contributed by atoms with Crippen LogP contribution in [0, 0.1) is 12.9 Å². The molecule has 2 rings (SSSR count). The Morgan fingerprint density at radius 1 is 1.24 bits per heavy atom. The SMILES string of the molecule is CCc1noc(C)c1-c1nc(F)c(C(F)(F)F)c(OC)n1. The number of aryl methyl sites for hydroxylation is 2. The third-order valence-electron chi connectivity index (χ3n) is 2.80. The maximum atomic E-state index is 13.8. The second kappa shape index (κ2) is 5.30. The molecule has 2 aromatic rings. The van der Waals surface area contributed by atoms with Crippen molar-refractivity contribution in [1.29, 1.82) is 0 Å². The highest BCUT2D eigenvalue weighted by Gasteiger charge is 2.40. The third-order valence-corrected chi connectivity index (χ3v) is 2.80. The van der Waals surface area contributed by atoms with Gasteiger partial charge in [0, 0.05) is 0 Å². The van der Waals surface area contributed by atoms with Gasteiger partial charge in [-0.05, 0) is 13.3 Å². The van der Waals surface area contributed by atoms with Gasteiger partial charge < -0.3 is 9.26 Å². The lowest BCUT2D eigenvalue weighted by molar-refractivity contribution is -0.142.